The molecule has 0 atom stereocenters. The number of nitrogens with one attached hydrogen (secondary N) is 1. The Morgan fingerprint density at radius 2 is 2.12 bits per heavy atom. The van der Waals surface area contributed by atoms with Gasteiger partial charge >= 0.3 is 0 Å². The second-order valence-corrected chi connectivity index (χ2v) is 7.81. The van der Waals surface area contributed by atoms with Crippen molar-refractivity contribution in [1.82, 2.24) is 24.4 Å². The van der Waals surface area contributed by atoms with Crippen LogP contribution in [0.15, 0.2) is 33.9 Å². The molecule has 0 amide bonds. The molecule has 0 radical (unpaired) electrons. The van der Waals surface area contributed by atoms with Crippen molar-refractivity contribution in [2.75, 3.05) is 13.1 Å². The Kier molecular flexibility index (Phi) is 3.61. The van der Waals surface area contributed by atoms with Crippen molar-refractivity contribution in [3.05, 3.63) is 36.2 Å². The number of sulfonamides is 1. The van der Waals surface area contributed by atoms with E-state index in [0.29, 0.717) is 48.7 Å². The number of aromatic nitrogens is 4. The van der Waals surface area contributed by atoms with Gasteiger partial charge < -0.3 is 9.51 Å². The van der Waals surface area contributed by atoms with E-state index in [-0.39, 0.29) is 10.8 Å². The first-order chi connectivity index (χ1) is 11.6. The van der Waals surface area contributed by atoms with E-state index in [4.69, 9.17) is 4.52 Å². The van der Waals surface area contributed by atoms with Crippen LogP contribution in [0.5, 0.6) is 0 Å². The molecule has 0 aliphatic carbocycles. The molecule has 0 spiro atoms. The molecule has 1 aliphatic heterocycles. The van der Waals surface area contributed by atoms with E-state index in [1.54, 1.807) is 25.3 Å². The fourth-order valence-electron chi connectivity index (χ4n) is 3.12. The van der Waals surface area contributed by atoms with Crippen LogP contribution in [0, 0.1) is 6.92 Å². The van der Waals surface area contributed by atoms with Gasteiger partial charge in [0.2, 0.25) is 15.9 Å². The molecule has 1 N–H and O–H groups in total. The van der Waals surface area contributed by atoms with Gasteiger partial charge in [-0.05, 0) is 25.0 Å². The SMILES string of the molecule is Cc1nc(C2CCN(S(=O)(=O)c3c[nH]c4ncccc34)CC2)no1. The highest BCUT2D eigenvalue weighted by atomic mass is 32.2. The molecule has 3 aromatic heterocycles. The first kappa shape index (κ1) is 15.3. The third kappa shape index (κ3) is 2.49. The van der Waals surface area contributed by atoms with E-state index in [0.717, 1.165) is 0 Å². The quantitative estimate of drug-likeness (QED) is 0.775. The minimum Gasteiger partial charge on any atom is -0.345 e. The predicted molar refractivity (Wildman–Crippen MR) is 85.9 cm³/mol. The zero-order chi connectivity index (χ0) is 16.7. The number of fused-ring (bicyclic) bond motifs is 1. The van der Waals surface area contributed by atoms with Crippen molar-refractivity contribution in [2.24, 2.45) is 0 Å². The Balaban J connectivity index is 1.56. The monoisotopic (exact) mass is 347 g/mol. The average molecular weight is 347 g/mol. The largest absolute Gasteiger partial charge is 0.345 e. The van der Waals surface area contributed by atoms with Gasteiger partial charge in [-0.1, -0.05) is 5.16 Å². The highest BCUT2D eigenvalue weighted by Crippen LogP contribution is 2.31. The number of hydrogen-bond acceptors (Lipinski definition) is 6. The Hall–Kier alpha value is -2.26. The summed E-state index contributed by atoms with van der Waals surface area (Å²) in [7, 11) is -3.55. The average Bonchev–Trinajstić information content (AvgIpc) is 3.21. The molecule has 126 valence electrons. The summed E-state index contributed by atoms with van der Waals surface area (Å²) in [5.41, 5.74) is 0.577. The Morgan fingerprint density at radius 3 is 2.83 bits per heavy atom. The number of rotatable bonds is 3. The van der Waals surface area contributed by atoms with Gasteiger partial charge in [-0.2, -0.15) is 9.29 Å². The predicted octanol–water partition coefficient (Wildman–Crippen LogP) is 1.82. The summed E-state index contributed by atoms with van der Waals surface area (Å²) in [6.07, 6.45) is 4.51. The lowest BCUT2D eigenvalue weighted by Crippen LogP contribution is -2.38. The summed E-state index contributed by atoms with van der Waals surface area (Å²) in [5, 5.41) is 4.57. The van der Waals surface area contributed by atoms with Crippen LogP contribution in [0.4, 0.5) is 0 Å². The highest BCUT2D eigenvalue weighted by Gasteiger charge is 2.33. The molecule has 0 bridgehead atoms. The van der Waals surface area contributed by atoms with Gasteiger partial charge in [0.15, 0.2) is 5.82 Å². The van der Waals surface area contributed by atoms with Gasteiger partial charge in [-0.3, -0.25) is 0 Å². The lowest BCUT2D eigenvalue weighted by molar-refractivity contribution is 0.306. The molecule has 3 aromatic rings. The van der Waals surface area contributed by atoms with Crippen molar-refractivity contribution >= 4 is 21.1 Å². The van der Waals surface area contributed by atoms with Crippen molar-refractivity contribution in [3.8, 4) is 0 Å². The molecule has 4 heterocycles. The number of hydrogen-bond donors (Lipinski definition) is 1. The van der Waals surface area contributed by atoms with Gasteiger partial charge in [-0.15, -0.1) is 0 Å². The van der Waals surface area contributed by atoms with Crippen LogP contribution in [-0.2, 0) is 10.0 Å². The summed E-state index contributed by atoms with van der Waals surface area (Å²) in [5.74, 6) is 1.34. The molecule has 1 fully saturated rings. The number of aromatic amines is 1. The van der Waals surface area contributed by atoms with Gasteiger partial charge in [0, 0.05) is 43.7 Å². The van der Waals surface area contributed by atoms with E-state index < -0.39 is 10.0 Å². The maximum absolute atomic E-state index is 12.9. The lowest BCUT2D eigenvalue weighted by Gasteiger charge is -2.29. The summed E-state index contributed by atoms with van der Waals surface area (Å²) in [6, 6.07) is 3.50. The normalized spacial score (nSPS) is 17.5. The van der Waals surface area contributed by atoms with Crippen molar-refractivity contribution in [2.45, 2.75) is 30.6 Å². The molecular formula is C15H17N5O3S. The van der Waals surface area contributed by atoms with Crippen molar-refractivity contribution in [3.63, 3.8) is 0 Å². The Morgan fingerprint density at radius 1 is 1.33 bits per heavy atom. The van der Waals surface area contributed by atoms with E-state index >= 15 is 0 Å². The van der Waals surface area contributed by atoms with Crippen LogP contribution in [0.1, 0.15) is 30.5 Å². The van der Waals surface area contributed by atoms with Gasteiger partial charge in [-0.25, -0.2) is 13.4 Å². The minimum absolute atomic E-state index is 0.138. The molecule has 1 aliphatic rings. The van der Waals surface area contributed by atoms with Gasteiger partial charge in [0.1, 0.15) is 10.5 Å². The minimum atomic E-state index is -3.55. The van der Waals surface area contributed by atoms with Crippen LogP contribution < -0.4 is 0 Å². The highest BCUT2D eigenvalue weighted by molar-refractivity contribution is 7.89. The van der Waals surface area contributed by atoms with Crippen molar-refractivity contribution < 1.29 is 12.9 Å². The van der Waals surface area contributed by atoms with Crippen molar-refractivity contribution in [1.29, 1.82) is 0 Å². The van der Waals surface area contributed by atoms with E-state index in [1.807, 2.05) is 0 Å². The lowest BCUT2D eigenvalue weighted by atomic mass is 9.98. The Bertz CT molecular complexity index is 970. The maximum atomic E-state index is 12.9. The van der Waals surface area contributed by atoms with Gasteiger partial charge in [0.25, 0.3) is 0 Å². The molecule has 0 saturated carbocycles. The fraction of sp³-hybridized carbons (Fsp3) is 0.400. The molecule has 4 rings (SSSR count). The summed E-state index contributed by atoms with van der Waals surface area (Å²) < 4.78 is 32.4. The zero-order valence-electron chi connectivity index (χ0n) is 13.1. The molecule has 0 unspecified atom stereocenters. The second kappa shape index (κ2) is 5.67. The number of H-pyrrole nitrogens is 1. The Labute approximate surface area is 138 Å². The fourth-order valence-corrected chi connectivity index (χ4v) is 4.74. The number of pyridine rings is 1. The molecule has 0 aromatic carbocycles. The smallest absolute Gasteiger partial charge is 0.245 e. The topological polar surface area (TPSA) is 105 Å². The first-order valence-electron chi connectivity index (χ1n) is 7.78. The molecule has 8 nitrogen and oxygen atoms in total. The molecular weight excluding hydrogens is 330 g/mol. The third-order valence-electron chi connectivity index (χ3n) is 4.39. The van der Waals surface area contributed by atoms with E-state index in [9.17, 15) is 8.42 Å². The van der Waals surface area contributed by atoms with Crippen LogP contribution >= 0.6 is 0 Å². The van der Waals surface area contributed by atoms with Crippen LogP contribution in [0.25, 0.3) is 11.0 Å². The van der Waals surface area contributed by atoms with Crippen LogP contribution in [0.3, 0.4) is 0 Å². The molecule has 1 saturated heterocycles. The summed E-state index contributed by atoms with van der Waals surface area (Å²) >= 11 is 0. The summed E-state index contributed by atoms with van der Waals surface area (Å²) in [6.45, 7) is 2.63. The number of aryl methyl sites for hydroxylation is 1. The maximum Gasteiger partial charge on any atom is 0.245 e. The van der Waals surface area contributed by atoms with E-state index in [1.165, 1.54) is 10.5 Å². The third-order valence-corrected chi connectivity index (χ3v) is 6.33. The number of nitrogens with zero attached hydrogens (tertiary/aromatic N) is 4. The molecule has 24 heavy (non-hydrogen) atoms. The standard InChI is InChI=1S/C15H17N5O3S/c1-10-18-14(19-23-10)11-4-7-20(8-5-11)24(21,22)13-9-17-15-12(13)3-2-6-16-15/h2-3,6,9,11H,4-5,7-8H2,1H3,(H,16,17). The van der Waals surface area contributed by atoms with Crippen LogP contribution in [-0.4, -0.2) is 45.9 Å². The zero-order valence-corrected chi connectivity index (χ0v) is 14.0. The molecule has 9 heteroatoms. The number of piperidine rings is 1. The second-order valence-electron chi connectivity index (χ2n) is 5.90. The van der Waals surface area contributed by atoms with E-state index in [2.05, 4.69) is 20.1 Å². The van der Waals surface area contributed by atoms with Gasteiger partial charge in [0.05, 0.1) is 0 Å². The first-order valence-corrected chi connectivity index (χ1v) is 9.22. The van der Waals surface area contributed by atoms with Crippen LogP contribution in [0.2, 0.25) is 0 Å². The summed E-state index contributed by atoms with van der Waals surface area (Å²) in [4.78, 5) is 11.6.